The Morgan fingerprint density at radius 3 is 2.65 bits per heavy atom. The van der Waals surface area contributed by atoms with Gasteiger partial charge in [0.25, 0.3) is 0 Å². The number of ether oxygens (including phenoxy) is 1. The summed E-state index contributed by atoms with van der Waals surface area (Å²) >= 11 is 0. The number of nitrogens with one attached hydrogen (secondary N) is 2. The number of aromatic nitrogens is 2. The molecule has 112 valence electrons. The topological polar surface area (TPSA) is 93.2 Å². The second kappa shape index (κ2) is 6.96. The van der Waals surface area contributed by atoms with Gasteiger partial charge in [0.05, 0.1) is 19.0 Å². The summed E-state index contributed by atoms with van der Waals surface area (Å²) in [6.07, 6.45) is 5.03. The number of rotatable bonds is 9. The lowest BCUT2D eigenvalue weighted by Gasteiger charge is -2.07. The lowest BCUT2D eigenvalue weighted by Crippen LogP contribution is -2.28. The maximum absolute atomic E-state index is 11.9. The molecule has 0 spiro atoms. The van der Waals surface area contributed by atoms with Crippen molar-refractivity contribution in [2.45, 2.75) is 24.7 Å². The van der Waals surface area contributed by atoms with Crippen LogP contribution in [0.1, 0.15) is 19.8 Å². The molecule has 0 aromatic carbocycles. The third-order valence-electron chi connectivity index (χ3n) is 2.86. The Balaban J connectivity index is 1.78. The van der Waals surface area contributed by atoms with Crippen molar-refractivity contribution < 1.29 is 13.2 Å². The SMILES string of the molecule is CCNc1ncc(S(=O)(=O)NCCOCC2CC2)cn1. The molecule has 0 saturated heterocycles. The Labute approximate surface area is 119 Å². The number of hydrogen-bond donors (Lipinski definition) is 2. The van der Waals surface area contributed by atoms with Crippen LogP contribution in [0.25, 0.3) is 0 Å². The van der Waals surface area contributed by atoms with Crippen LogP contribution in [0.15, 0.2) is 17.3 Å². The van der Waals surface area contributed by atoms with Gasteiger partial charge in [0.15, 0.2) is 0 Å². The van der Waals surface area contributed by atoms with E-state index in [0.29, 0.717) is 25.0 Å². The summed E-state index contributed by atoms with van der Waals surface area (Å²) in [5, 5.41) is 2.91. The van der Waals surface area contributed by atoms with E-state index in [4.69, 9.17) is 4.74 Å². The van der Waals surface area contributed by atoms with Gasteiger partial charge in [-0.15, -0.1) is 0 Å². The van der Waals surface area contributed by atoms with Crippen molar-refractivity contribution in [1.29, 1.82) is 0 Å². The van der Waals surface area contributed by atoms with Gasteiger partial charge in [0.2, 0.25) is 16.0 Å². The second-order valence-electron chi connectivity index (χ2n) is 4.69. The molecule has 1 aromatic heterocycles. The minimum Gasteiger partial charge on any atom is -0.380 e. The molecule has 1 aliphatic rings. The number of sulfonamides is 1. The Morgan fingerprint density at radius 1 is 1.35 bits per heavy atom. The van der Waals surface area contributed by atoms with Crippen LogP contribution in [-0.2, 0) is 14.8 Å². The molecule has 0 aliphatic heterocycles. The van der Waals surface area contributed by atoms with Crippen molar-refractivity contribution >= 4 is 16.0 Å². The third kappa shape index (κ3) is 4.69. The molecule has 0 amide bonds. The summed E-state index contributed by atoms with van der Waals surface area (Å²) in [5.74, 6) is 1.10. The number of anilines is 1. The van der Waals surface area contributed by atoms with E-state index in [1.807, 2.05) is 6.92 Å². The lowest BCUT2D eigenvalue weighted by atomic mass is 10.5. The molecule has 0 bridgehead atoms. The zero-order valence-corrected chi connectivity index (χ0v) is 12.3. The highest BCUT2D eigenvalue weighted by atomic mass is 32.2. The van der Waals surface area contributed by atoms with Crippen molar-refractivity contribution in [3.05, 3.63) is 12.4 Å². The summed E-state index contributed by atoms with van der Waals surface area (Å²) in [4.78, 5) is 7.93. The maximum Gasteiger partial charge on any atom is 0.243 e. The zero-order valence-electron chi connectivity index (χ0n) is 11.5. The Hall–Kier alpha value is -1.25. The second-order valence-corrected chi connectivity index (χ2v) is 6.46. The van der Waals surface area contributed by atoms with Crippen LogP contribution in [0, 0.1) is 5.92 Å². The highest BCUT2D eigenvalue weighted by Gasteiger charge is 2.21. The first kappa shape index (κ1) is 15.1. The van der Waals surface area contributed by atoms with Gasteiger partial charge < -0.3 is 10.1 Å². The Kier molecular flexibility index (Phi) is 5.27. The van der Waals surface area contributed by atoms with Gasteiger partial charge >= 0.3 is 0 Å². The van der Waals surface area contributed by atoms with Crippen molar-refractivity contribution in [3.8, 4) is 0 Å². The fourth-order valence-corrected chi connectivity index (χ4v) is 2.47. The van der Waals surface area contributed by atoms with Gasteiger partial charge in [0, 0.05) is 19.7 Å². The van der Waals surface area contributed by atoms with Crippen molar-refractivity contribution in [2.75, 3.05) is 31.6 Å². The zero-order chi connectivity index (χ0) is 14.4. The van der Waals surface area contributed by atoms with Crippen LogP contribution < -0.4 is 10.0 Å². The van der Waals surface area contributed by atoms with Crippen molar-refractivity contribution in [1.82, 2.24) is 14.7 Å². The quantitative estimate of drug-likeness (QED) is 0.649. The average Bonchev–Trinajstić information content (AvgIpc) is 3.23. The standard InChI is InChI=1S/C12H20N4O3S/c1-2-13-12-14-7-11(8-15-12)20(17,18)16-5-6-19-9-10-3-4-10/h7-8,10,16H,2-6,9H2,1H3,(H,13,14,15). The van der Waals surface area contributed by atoms with E-state index in [0.717, 1.165) is 6.61 Å². The predicted octanol–water partition coefficient (Wildman–Crippen LogP) is 0.613. The molecular formula is C12H20N4O3S. The lowest BCUT2D eigenvalue weighted by molar-refractivity contribution is 0.129. The summed E-state index contributed by atoms with van der Waals surface area (Å²) < 4.78 is 31.7. The first-order valence-corrected chi connectivity index (χ1v) is 8.23. The predicted molar refractivity (Wildman–Crippen MR) is 74.9 cm³/mol. The molecule has 0 radical (unpaired) electrons. The van der Waals surface area contributed by atoms with E-state index >= 15 is 0 Å². The van der Waals surface area contributed by atoms with Crippen LogP contribution >= 0.6 is 0 Å². The van der Waals surface area contributed by atoms with Crippen LogP contribution in [0.4, 0.5) is 5.95 Å². The average molecular weight is 300 g/mol. The van der Waals surface area contributed by atoms with Crippen LogP contribution in [0.3, 0.4) is 0 Å². The Morgan fingerprint density at radius 2 is 2.05 bits per heavy atom. The monoisotopic (exact) mass is 300 g/mol. The minimum absolute atomic E-state index is 0.0568. The van der Waals surface area contributed by atoms with Gasteiger partial charge in [0.1, 0.15) is 4.90 Å². The first-order valence-electron chi connectivity index (χ1n) is 6.75. The summed E-state index contributed by atoms with van der Waals surface area (Å²) in [5.41, 5.74) is 0. The molecule has 7 nitrogen and oxygen atoms in total. The van der Waals surface area contributed by atoms with Crippen molar-refractivity contribution in [3.63, 3.8) is 0 Å². The minimum atomic E-state index is -3.56. The normalized spacial score (nSPS) is 15.2. The van der Waals surface area contributed by atoms with Gasteiger partial charge in [-0.3, -0.25) is 0 Å². The van der Waals surface area contributed by atoms with Gasteiger partial charge in [-0.2, -0.15) is 0 Å². The third-order valence-corrected chi connectivity index (χ3v) is 4.28. The molecule has 20 heavy (non-hydrogen) atoms. The molecular weight excluding hydrogens is 280 g/mol. The van der Waals surface area contributed by atoms with Crippen LogP contribution in [0.2, 0.25) is 0 Å². The van der Waals surface area contributed by atoms with E-state index in [9.17, 15) is 8.42 Å². The van der Waals surface area contributed by atoms with E-state index in [1.54, 1.807) is 0 Å². The van der Waals surface area contributed by atoms with E-state index in [1.165, 1.54) is 25.2 Å². The van der Waals surface area contributed by atoms with Crippen molar-refractivity contribution in [2.24, 2.45) is 5.92 Å². The molecule has 1 aromatic rings. The molecule has 0 atom stereocenters. The highest BCUT2D eigenvalue weighted by Crippen LogP contribution is 2.28. The Bertz CT molecular complexity index is 514. The summed E-state index contributed by atoms with van der Waals surface area (Å²) in [7, 11) is -3.56. The first-order chi connectivity index (χ1) is 9.62. The largest absolute Gasteiger partial charge is 0.380 e. The van der Waals surface area contributed by atoms with Gasteiger partial charge in [-0.25, -0.2) is 23.1 Å². The molecule has 2 N–H and O–H groups in total. The number of hydrogen-bond acceptors (Lipinski definition) is 6. The van der Waals surface area contributed by atoms with Crippen LogP contribution in [-0.4, -0.2) is 44.7 Å². The fourth-order valence-electron chi connectivity index (χ4n) is 1.57. The van der Waals surface area contributed by atoms with Gasteiger partial charge in [-0.05, 0) is 25.7 Å². The molecule has 1 fully saturated rings. The smallest absolute Gasteiger partial charge is 0.243 e. The number of nitrogens with zero attached hydrogens (tertiary/aromatic N) is 2. The molecule has 1 aliphatic carbocycles. The van der Waals surface area contributed by atoms with E-state index in [2.05, 4.69) is 20.0 Å². The molecule has 1 heterocycles. The molecule has 2 rings (SSSR count). The maximum atomic E-state index is 11.9. The molecule has 1 saturated carbocycles. The summed E-state index contributed by atoms with van der Waals surface area (Å²) in [6.45, 7) is 3.96. The molecule has 8 heteroatoms. The van der Waals surface area contributed by atoms with Gasteiger partial charge in [-0.1, -0.05) is 0 Å². The fraction of sp³-hybridized carbons (Fsp3) is 0.667. The highest BCUT2D eigenvalue weighted by molar-refractivity contribution is 7.89. The van der Waals surface area contributed by atoms with Crippen LogP contribution in [0.5, 0.6) is 0 Å². The van der Waals surface area contributed by atoms with E-state index < -0.39 is 10.0 Å². The summed E-state index contributed by atoms with van der Waals surface area (Å²) in [6, 6.07) is 0. The molecule has 0 unspecified atom stereocenters. The van der Waals surface area contributed by atoms with E-state index in [-0.39, 0.29) is 11.4 Å².